The third-order valence-corrected chi connectivity index (χ3v) is 4.00. The highest BCUT2D eigenvalue weighted by Crippen LogP contribution is 2.16. The first-order chi connectivity index (χ1) is 8.81. The van der Waals surface area contributed by atoms with E-state index in [2.05, 4.69) is 15.1 Å². The second-order valence-electron chi connectivity index (χ2n) is 4.76. The van der Waals surface area contributed by atoms with E-state index < -0.39 is 0 Å². The zero-order valence-corrected chi connectivity index (χ0v) is 11.9. The molecule has 0 amide bonds. The predicted molar refractivity (Wildman–Crippen MR) is 74.8 cm³/mol. The van der Waals surface area contributed by atoms with Crippen LogP contribution in [0, 0.1) is 0 Å². The quantitative estimate of drug-likeness (QED) is 0.570. The molecule has 18 heavy (non-hydrogen) atoms. The number of morpholine rings is 1. The van der Waals surface area contributed by atoms with Crippen LogP contribution in [0.15, 0.2) is 0 Å². The maximum atomic E-state index is 5.40. The Bertz CT molecular complexity index is 272. The summed E-state index contributed by atoms with van der Waals surface area (Å²) in [6, 6.07) is 0.635. The van der Waals surface area contributed by atoms with Gasteiger partial charge in [-0.05, 0) is 18.6 Å². The minimum Gasteiger partial charge on any atom is -0.383 e. The van der Waals surface area contributed by atoms with Gasteiger partial charge in [-0.2, -0.15) is 0 Å². The Morgan fingerprint density at radius 2 is 2.17 bits per heavy atom. The summed E-state index contributed by atoms with van der Waals surface area (Å²) in [5.74, 6) is 0. The van der Waals surface area contributed by atoms with Crippen molar-refractivity contribution in [3.8, 4) is 0 Å². The molecule has 2 aliphatic rings. The van der Waals surface area contributed by atoms with Crippen LogP contribution >= 0.6 is 12.2 Å². The third-order valence-electron chi connectivity index (χ3n) is 3.60. The fourth-order valence-corrected chi connectivity index (χ4v) is 2.81. The van der Waals surface area contributed by atoms with Crippen molar-refractivity contribution >= 4 is 17.3 Å². The first-order valence-corrected chi connectivity index (χ1v) is 7.05. The van der Waals surface area contributed by atoms with E-state index in [1.54, 1.807) is 7.11 Å². The summed E-state index contributed by atoms with van der Waals surface area (Å²) in [6.45, 7) is 7.43. The topological polar surface area (TPSA) is 37.0 Å². The van der Waals surface area contributed by atoms with Crippen LogP contribution in [-0.2, 0) is 9.47 Å². The summed E-state index contributed by atoms with van der Waals surface area (Å²) < 4.78 is 10.4. The van der Waals surface area contributed by atoms with Crippen LogP contribution in [0.5, 0.6) is 0 Å². The van der Waals surface area contributed by atoms with Crippen molar-refractivity contribution in [1.29, 1.82) is 0 Å². The van der Waals surface area contributed by atoms with E-state index in [9.17, 15) is 0 Å². The van der Waals surface area contributed by atoms with E-state index in [-0.39, 0.29) is 0 Å². The minimum atomic E-state index is 0.635. The molecule has 0 radical (unpaired) electrons. The molecular formula is C12H23N3O2S. The van der Waals surface area contributed by atoms with Gasteiger partial charge in [-0.15, -0.1) is 0 Å². The van der Waals surface area contributed by atoms with Crippen molar-refractivity contribution in [2.24, 2.45) is 0 Å². The molecule has 1 unspecified atom stereocenters. The molecule has 2 rings (SSSR count). The van der Waals surface area contributed by atoms with Crippen LogP contribution in [0.4, 0.5) is 0 Å². The number of likely N-dealkylation sites (tertiary alicyclic amines) is 1. The molecule has 6 heteroatoms. The van der Waals surface area contributed by atoms with Crippen LogP contribution in [0.3, 0.4) is 0 Å². The molecule has 0 aromatic rings. The van der Waals surface area contributed by atoms with E-state index in [1.165, 1.54) is 6.42 Å². The Kier molecular flexibility index (Phi) is 5.62. The standard InChI is InChI=1S/C12H23N3O2S/c1-16-7-3-13-12(18)15-4-2-11(10-15)14-5-8-17-9-6-14/h11H,2-10H2,1H3,(H,13,18). The van der Waals surface area contributed by atoms with Gasteiger partial charge in [-0.1, -0.05) is 0 Å². The van der Waals surface area contributed by atoms with Gasteiger partial charge in [0.1, 0.15) is 0 Å². The average molecular weight is 273 g/mol. The number of nitrogens with one attached hydrogen (secondary N) is 1. The number of thiocarbonyl (C=S) groups is 1. The summed E-state index contributed by atoms with van der Waals surface area (Å²) >= 11 is 5.40. The summed E-state index contributed by atoms with van der Waals surface area (Å²) in [7, 11) is 1.70. The van der Waals surface area contributed by atoms with Crippen molar-refractivity contribution in [3.05, 3.63) is 0 Å². The SMILES string of the molecule is COCCNC(=S)N1CCC(N2CCOCC2)C1. The van der Waals surface area contributed by atoms with Crippen molar-refractivity contribution in [2.75, 3.05) is 59.7 Å². The second kappa shape index (κ2) is 7.23. The van der Waals surface area contributed by atoms with Crippen molar-refractivity contribution in [1.82, 2.24) is 15.1 Å². The smallest absolute Gasteiger partial charge is 0.169 e. The summed E-state index contributed by atoms with van der Waals surface area (Å²) in [4.78, 5) is 4.80. The lowest BCUT2D eigenvalue weighted by Crippen LogP contribution is -2.46. The third kappa shape index (κ3) is 3.78. The maximum Gasteiger partial charge on any atom is 0.169 e. The largest absolute Gasteiger partial charge is 0.383 e. The molecular weight excluding hydrogens is 250 g/mol. The molecule has 0 aliphatic carbocycles. The van der Waals surface area contributed by atoms with Gasteiger partial charge in [-0.3, -0.25) is 4.90 Å². The summed E-state index contributed by atoms with van der Waals surface area (Å²) in [5, 5.41) is 4.10. The Morgan fingerprint density at radius 1 is 1.39 bits per heavy atom. The molecule has 104 valence electrons. The Labute approximate surface area is 114 Å². The Morgan fingerprint density at radius 3 is 2.89 bits per heavy atom. The molecule has 0 aromatic heterocycles. The number of hydrogen-bond donors (Lipinski definition) is 1. The van der Waals surface area contributed by atoms with Crippen molar-refractivity contribution in [2.45, 2.75) is 12.5 Å². The highest BCUT2D eigenvalue weighted by atomic mass is 32.1. The van der Waals surface area contributed by atoms with Crippen LogP contribution in [0.1, 0.15) is 6.42 Å². The lowest BCUT2D eigenvalue weighted by Gasteiger charge is -2.32. The zero-order chi connectivity index (χ0) is 12.8. The normalized spacial score (nSPS) is 25.4. The van der Waals surface area contributed by atoms with E-state index in [1.807, 2.05) is 0 Å². The van der Waals surface area contributed by atoms with Crippen molar-refractivity contribution < 1.29 is 9.47 Å². The molecule has 1 N–H and O–H groups in total. The number of nitrogens with zero attached hydrogens (tertiary/aromatic N) is 2. The molecule has 0 aromatic carbocycles. The Balaban J connectivity index is 1.71. The zero-order valence-electron chi connectivity index (χ0n) is 11.1. The number of methoxy groups -OCH3 is 1. The van der Waals surface area contributed by atoms with E-state index in [0.29, 0.717) is 12.6 Å². The van der Waals surface area contributed by atoms with Gasteiger partial charge in [0.15, 0.2) is 5.11 Å². The lowest BCUT2D eigenvalue weighted by molar-refractivity contribution is 0.0195. The van der Waals surface area contributed by atoms with Gasteiger partial charge in [0, 0.05) is 45.9 Å². The van der Waals surface area contributed by atoms with E-state index >= 15 is 0 Å². The number of ether oxygens (including phenoxy) is 2. The van der Waals surface area contributed by atoms with Crippen LogP contribution in [-0.4, -0.2) is 80.6 Å². The second-order valence-corrected chi connectivity index (χ2v) is 5.15. The van der Waals surface area contributed by atoms with E-state index in [4.69, 9.17) is 21.7 Å². The van der Waals surface area contributed by atoms with Crippen LogP contribution in [0.2, 0.25) is 0 Å². The minimum absolute atomic E-state index is 0.635. The fraction of sp³-hybridized carbons (Fsp3) is 0.917. The molecule has 1 atom stereocenters. The van der Waals surface area contributed by atoms with E-state index in [0.717, 1.165) is 51.0 Å². The van der Waals surface area contributed by atoms with Gasteiger partial charge >= 0.3 is 0 Å². The predicted octanol–water partition coefficient (Wildman–Crippen LogP) is -0.0862. The van der Waals surface area contributed by atoms with Gasteiger partial charge in [0.2, 0.25) is 0 Å². The lowest BCUT2D eigenvalue weighted by atomic mass is 10.2. The highest BCUT2D eigenvalue weighted by Gasteiger charge is 2.29. The molecule has 0 bridgehead atoms. The monoisotopic (exact) mass is 273 g/mol. The molecule has 2 heterocycles. The maximum absolute atomic E-state index is 5.40. The summed E-state index contributed by atoms with van der Waals surface area (Å²) in [5.41, 5.74) is 0. The van der Waals surface area contributed by atoms with Gasteiger partial charge in [-0.25, -0.2) is 0 Å². The van der Waals surface area contributed by atoms with Crippen LogP contribution < -0.4 is 5.32 Å². The fourth-order valence-electron chi connectivity index (χ4n) is 2.54. The molecule has 0 spiro atoms. The van der Waals surface area contributed by atoms with Crippen LogP contribution in [0.25, 0.3) is 0 Å². The van der Waals surface area contributed by atoms with Crippen molar-refractivity contribution in [3.63, 3.8) is 0 Å². The molecule has 2 fully saturated rings. The molecule has 5 nitrogen and oxygen atoms in total. The molecule has 0 saturated carbocycles. The average Bonchev–Trinajstić information content (AvgIpc) is 2.89. The summed E-state index contributed by atoms with van der Waals surface area (Å²) in [6.07, 6.45) is 1.20. The molecule has 2 saturated heterocycles. The number of hydrogen-bond acceptors (Lipinski definition) is 4. The molecule has 2 aliphatic heterocycles. The first-order valence-electron chi connectivity index (χ1n) is 6.65. The number of rotatable bonds is 4. The van der Waals surface area contributed by atoms with Gasteiger partial charge < -0.3 is 19.7 Å². The Hall–Kier alpha value is -0.430. The van der Waals surface area contributed by atoms with Gasteiger partial charge in [0.25, 0.3) is 0 Å². The highest BCUT2D eigenvalue weighted by molar-refractivity contribution is 7.80. The van der Waals surface area contributed by atoms with Gasteiger partial charge in [0.05, 0.1) is 19.8 Å². The first kappa shape index (κ1) is 14.0.